The van der Waals surface area contributed by atoms with E-state index in [4.69, 9.17) is 0 Å². The molecule has 3 aliphatic rings. The van der Waals surface area contributed by atoms with E-state index in [1.165, 1.54) is 6.42 Å². The zero-order valence-electron chi connectivity index (χ0n) is 12.7. The molecule has 0 saturated carbocycles. The summed E-state index contributed by atoms with van der Waals surface area (Å²) < 4.78 is 25.5. The van der Waals surface area contributed by atoms with E-state index >= 15 is 0 Å². The number of hydrogen-bond acceptors (Lipinski definition) is 4. The Bertz CT molecular complexity index is 780. The molecule has 0 aliphatic carbocycles. The van der Waals surface area contributed by atoms with Gasteiger partial charge in [-0.1, -0.05) is 31.6 Å². The maximum atomic E-state index is 12.8. The number of hydrogen-bond donors (Lipinski definition) is 0. The van der Waals surface area contributed by atoms with Crippen LogP contribution in [-0.2, 0) is 9.84 Å². The van der Waals surface area contributed by atoms with Gasteiger partial charge in [0.25, 0.3) is 0 Å². The Kier molecular flexibility index (Phi) is 3.24. The summed E-state index contributed by atoms with van der Waals surface area (Å²) in [6, 6.07) is 7.87. The highest BCUT2D eigenvalue weighted by atomic mass is 32.2. The van der Waals surface area contributed by atoms with Crippen molar-refractivity contribution in [3.8, 4) is 0 Å². The minimum Gasteiger partial charge on any atom is -0.294 e. The summed E-state index contributed by atoms with van der Waals surface area (Å²) in [6.07, 6.45) is 6.46. The monoisotopic (exact) mass is 316 g/mol. The van der Waals surface area contributed by atoms with Crippen LogP contribution in [0.25, 0.3) is 0 Å². The van der Waals surface area contributed by atoms with Crippen molar-refractivity contribution in [2.45, 2.75) is 49.6 Å². The van der Waals surface area contributed by atoms with Crippen LogP contribution >= 0.6 is 0 Å². The van der Waals surface area contributed by atoms with Gasteiger partial charge in [0.2, 0.25) is 9.84 Å². The van der Waals surface area contributed by atoms with Crippen LogP contribution in [0, 0.1) is 0 Å². The van der Waals surface area contributed by atoms with E-state index in [1.807, 2.05) is 6.07 Å². The predicted octanol–water partition coefficient (Wildman–Crippen LogP) is 3.08. The zero-order valence-corrected chi connectivity index (χ0v) is 13.5. The second kappa shape index (κ2) is 5.03. The Balaban J connectivity index is 1.77. The SMILES string of the molecule is CCN1C2C=C(C3=Nc4ccccc4S3(=O)=O)CC1CCC2. The van der Waals surface area contributed by atoms with Crippen LogP contribution in [0.1, 0.15) is 32.6 Å². The first-order valence-electron chi connectivity index (χ1n) is 8.01. The largest absolute Gasteiger partial charge is 0.294 e. The summed E-state index contributed by atoms with van der Waals surface area (Å²) in [5.74, 6) is 0. The van der Waals surface area contributed by atoms with Crippen molar-refractivity contribution in [1.29, 1.82) is 0 Å². The lowest BCUT2D eigenvalue weighted by atomic mass is 9.85. The number of fused-ring (bicyclic) bond motifs is 3. The van der Waals surface area contributed by atoms with Crippen LogP contribution < -0.4 is 0 Å². The van der Waals surface area contributed by atoms with Gasteiger partial charge in [0, 0.05) is 12.1 Å². The van der Waals surface area contributed by atoms with Gasteiger partial charge in [-0.15, -0.1) is 0 Å². The summed E-state index contributed by atoms with van der Waals surface area (Å²) in [6.45, 7) is 3.21. The highest BCUT2D eigenvalue weighted by Gasteiger charge is 2.39. The molecule has 5 heteroatoms. The lowest BCUT2D eigenvalue weighted by molar-refractivity contribution is 0.106. The van der Waals surface area contributed by atoms with Crippen molar-refractivity contribution in [3.05, 3.63) is 35.9 Å². The Labute approximate surface area is 131 Å². The van der Waals surface area contributed by atoms with Crippen molar-refractivity contribution in [3.63, 3.8) is 0 Å². The van der Waals surface area contributed by atoms with E-state index in [1.54, 1.807) is 18.2 Å². The van der Waals surface area contributed by atoms with Gasteiger partial charge in [-0.3, -0.25) is 4.90 Å². The Morgan fingerprint density at radius 1 is 1.27 bits per heavy atom. The molecule has 1 aromatic rings. The molecule has 4 nitrogen and oxygen atoms in total. The van der Waals surface area contributed by atoms with E-state index < -0.39 is 9.84 Å². The summed E-state index contributed by atoms with van der Waals surface area (Å²) >= 11 is 0. The highest BCUT2D eigenvalue weighted by Crippen LogP contribution is 2.39. The van der Waals surface area contributed by atoms with Gasteiger partial charge >= 0.3 is 0 Å². The molecule has 116 valence electrons. The molecule has 0 aromatic heterocycles. The third kappa shape index (κ3) is 1.99. The highest BCUT2D eigenvalue weighted by molar-refractivity contribution is 8.07. The molecule has 1 aromatic carbocycles. The smallest absolute Gasteiger partial charge is 0.226 e. The van der Waals surface area contributed by atoms with Crippen molar-refractivity contribution in [2.75, 3.05) is 6.54 Å². The first kappa shape index (κ1) is 14.2. The summed E-state index contributed by atoms with van der Waals surface area (Å²) in [4.78, 5) is 7.31. The molecule has 4 rings (SSSR count). The van der Waals surface area contributed by atoms with Crippen molar-refractivity contribution in [2.24, 2.45) is 4.99 Å². The van der Waals surface area contributed by atoms with Crippen LogP contribution in [0.4, 0.5) is 5.69 Å². The third-order valence-corrected chi connectivity index (χ3v) is 6.84. The number of aliphatic imine (C=N–C) groups is 1. The molecule has 1 saturated heterocycles. The summed E-state index contributed by atoms with van der Waals surface area (Å²) in [5.41, 5.74) is 1.51. The van der Waals surface area contributed by atoms with E-state index in [0.717, 1.165) is 31.4 Å². The minimum absolute atomic E-state index is 0.293. The van der Waals surface area contributed by atoms with Crippen molar-refractivity contribution < 1.29 is 8.42 Å². The minimum atomic E-state index is -3.44. The zero-order chi connectivity index (χ0) is 15.3. The number of para-hydroxylation sites is 1. The molecule has 2 atom stereocenters. The Morgan fingerprint density at radius 2 is 2.09 bits per heavy atom. The van der Waals surface area contributed by atoms with Gasteiger partial charge in [-0.2, -0.15) is 0 Å². The number of piperidine rings is 1. The van der Waals surface area contributed by atoms with Crippen molar-refractivity contribution >= 4 is 20.6 Å². The molecule has 3 heterocycles. The van der Waals surface area contributed by atoms with Gasteiger partial charge < -0.3 is 0 Å². The maximum Gasteiger partial charge on any atom is 0.226 e. The summed E-state index contributed by atoms with van der Waals surface area (Å²) in [5, 5.41) is 0.293. The second-order valence-electron chi connectivity index (χ2n) is 6.27. The van der Waals surface area contributed by atoms with Crippen LogP contribution in [-0.4, -0.2) is 37.0 Å². The van der Waals surface area contributed by atoms with Gasteiger partial charge in [-0.05, 0) is 43.5 Å². The van der Waals surface area contributed by atoms with E-state index in [0.29, 0.717) is 27.7 Å². The quantitative estimate of drug-likeness (QED) is 0.842. The number of benzene rings is 1. The molecule has 0 radical (unpaired) electrons. The third-order valence-electron chi connectivity index (χ3n) is 5.05. The Hall–Kier alpha value is -1.46. The lowest BCUT2D eigenvalue weighted by Gasteiger charge is -2.44. The average Bonchev–Trinajstić information content (AvgIpc) is 2.78. The number of sulfone groups is 1. The predicted molar refractivity (Wildman–Crippen MR) is 87.2 cm³/mol. The number of nitrogens with zero attached hydrogens (tertiary/aromatic N) is 2. The number of rotatable bonds is 2. The maximum absolute atomic E-state index is 12.8. The topological polar surface area (TPSA) is 49.7 Å². The average molecular weight is 316 g/mol. The van der Waals surface area contributed by atoms with Crippen LogP contribution in [0.2, 0.25) is 0 Å². The lowest BCUT2D eigenvalue weighted by Crippen LogP contribution is -2.49. The first-order chi connectivity index (χ1) is 10.6. The normalized spacial score (nSPS) is 29.7. The Morgan fingerprint density at radius 3 is 2.82 bits per heavy atom. The molecule has 22 heavy (non-hydrogen) atoms. The van der Waals surface area contributed by atoms with Crippen LogP contribution in [0.3, 0.4) is 0 Å². The molecular weight excluding hydrogens is 296 g/mol. The van der Waals surface area contributed by atoms with E-state index in [2.05, 4.69) is 22.9 Å². The molecule has 2 bridgehead atoms. The fourth-order valence-corrected chi connectivity index (χ4v) is 5.63. The molecule has 3 aliphatic heterocycles. The van der Waals surface area contributed by atoms with Crippen LogP contribution in [0.15, 0.2) is 45.8 Å². The molecule has 0 N–H and O–H groups in total. The molecule has 0 amide bonds. The fraction of sp³-hybridized carbons (Fsp3) is 0.471. The van der Waals surface area contributed by atoms with Gasteiger partial charge in [0.1, 0.15) is 0 Å². The fourth-order valence-electron chi connectivity index (χ4n) is 4.06. The molecule has 2 unspecified atom stereocenters. The van der Waals surface area contributed by atoms with Crippen molar-refractivity contribution in [1.82, 2.24) is 4.90 Å². The molecule has 0 spiro atoms. The van der Waals surface area contributed by atoms with E-state index in [-0.39, 0.29) is 0 Å². The standard InChI is InChI=1S/C17H20N2O2S/c1-2-19-13-6-5-7-14(19)11-12(10-13)17-18-15-8-3-4-9-16(15)22(17,20)21/h3-4,8-10,13-14H,2,5-7,11H2,1H3. The summed E-state index contributed by atoms with van der Waals surface area (Å²) in [7, 11) is -3.44. The van der Waals surface area contributed by atoms with Gasteiger partial charge in [0.05, 0.1) is 10.6 Å². The van der Waals surface area contributed by atoms with Gasteiger partial charge in [-0.25, -0.2) is 13.4 Å². The number of likely N-dealkylation sites (N-methyl/N-ethyl adjacent to an activating group) is 1. The van der Waals surface area contributed by atoms with Crippen LogP contribution in [0.5, 0.6) is 0 Å². The first-order valence-corrected chi connectivity index (χ1v) is 9.49. The second-order valence-corrected chi connectivity index (χ2v) is 8.10. The van der Waals surface area contributed by atoms with Gasteiger partial charge in [0.15, 0.2) is 5.04 Å². The molecular formula is C17H20N2O2S. The molecule has 1 fully saturated rings. The van der Waals surface area contributed by atoms with E-state index in [9.17, 15) is 8.42 Å².